The van der Waals surface area contributed by atoms with E-state index >= 15 is 0 Å². The number of nitrogens with zero attached hydrogens (tertiary/aromatic N) is 1. The number of carbonyl (C=O) groups excluding carboxylic acids is 1. The summed E-state index contributed by atoms with van der Waals surface area (Å²) in [7, 11) is 1.65. The third kappa shape index (κ3) is 5.70. The smallest absolute Gasteiger partial charge is 0.320 e. The fourth-order valence-corrected chi connectivity index (χ4v) is 1.39. The standard InChI is InChI=1S/C11H22N2O3/c1-5-9(11(15)16)13(4)7-10(14)12-6-8(2)3/h8-9H,5-7H2,1-4H3,(H,12,14)(H,15,16). The number of likely N-dealkylation sites (N-methyl/N-ethyl adjacent to an activating group) is 1. The van der Waals surface area contributed by atoms with E-state index in [9.17, 15) is 9.59 Å². The molecule has 0 saturated heterocycles. The molecule has 94 valence electrons. The molecule has 2 N–H and O–H groups in total. The molecule has 0 aromatic heterocycles. The summed E-state index contributed by atoms with van der Waals surface area (Å²) >= 11 is 0. The van der Waals surface area contributed by atoms with Gasteiger partial charge in [-0.1, -0.05) is 20.8 Å². The van der Waals surface area contributed by atoms with Crippen molar-refractivity contribution in [2.24, 2.45) is 5.92 Å². The number of aliphatic carboxylic acids is 1. The van der Waals surface area contributed by atoms with Gasteiger partial charge in [-0.3, -0.25) is 14.5 Å². The molecular formula is C11H22N2O3. The Hall–Kier alpha value is -1.10. The number of rotatable bonds is 7. The summed E-state index contributed by atoms with van der Waals surface area (Å²) in [5, 5.41) is 11.7. The molecule has 16 heavy (non-hydrogen) atoms. The lowest BCUT2D eigenvalue weighted by Gasteiger charge is -2.22. The second kappa shape index (κ2) is 7.22. The van der Waals surface area contributed by atoms with Crippen LogP contribution < -0.4 is 5.32 Å². The fourth-order valence-electron chi connectivity index (χ4n) is 1.39. The molecule has 1 unspecified atom stereocenters. The molecule has 1 amide bonds. The molecule has 0 spiro atoms. The molecule has 0 fully saturated rings. The van der Waals surface area contributed by atoms with Gasteiger partial charge in [0.15, 0.2) is 0 Å². The normalized spacial score (nSPS) is 12.9. The van der Waals surface area contributed by atoms with Gasteiger partial charge < -0.3 is 10.4 Å². The highest BCUT2D eigenvalue weighted by atomic mass is 16.4. The van der Waals surface area contributed by atoms with Crippen molar-refractivity contribution >= 4 is 11.9 Å². The van der Waals surface area contributed by atoms with E-state index in [1.165, 1.54) is 0 Å². The molecular weight excluding hydrogens is 208 g/mol. The summed E-state index contributed by atoms with van der Waals surface area (Å²) in [6.45, 7) is 6.56. The SMILES string of the molecule is CCC(C(=O)O)N(C)CC(=O)NCC(C)C. The summed E-state index contributed by atoms with van der Waals surface area (Å²) in [5.74, 6) is -0.617. The molecule has 0 radical (unpaired) electrons. The van der Waals surface area contributed by atoms with Gasteiger partial charge in [0.2, 0.25) is 5.91 Å². The van der Waals surface area contributed by atoms with Crippen LogP contribution in [0.3, 0.4) is 0 Å². The van der Waals surface area contributed by atoms with Gasteiger partial charge in [0.05, 0.1) is 6.54 Å². The Kier molecular flexibility index (Phi) is 6.72. The Balaban J connectivity index is 4.06. The summed E-state index contributed by atoms with van der Waals surface area (Å²) in [6, 6.07) is -0.593. The highest BCUT2D eigenvalue weighted by Crippen LogP contribution is 2.01. The van der Waals surface area contributed by atoms with Gasteiger partial charge in [-0.15, -0.1) is 0 Å². The predicted molar refractivity (Wildman–Crippen MR) is 62.2 cm³/mol. The Morgan fingerprint density at radius 1 is 1.38 bits per heavy atom. The molecule has 0 aliphatic rings. The van der Waals surface area contributed by atoms with Gasteiger partial charge in [0.1, 0.15) is 6.04 Å². The quantitative estimate of drug-likeness (QED) is 0.670. The number of carbonyl (C=O) groups is 2. The van der Waals surface area contributed by atoms with Gasteiger partial charge >= 0.3 is 5.97 Å². The van der Waals surface area contributed by atoms with Crippen molar-refractivity contribution in [2.75, 3.05) is 20.1 Å². The maximum absolute atomic E-state index is 11.5. The molecule has 0 aliphatic heterocycles. The lowest BCUT2D eigenvalue weighted by atomic mass is 10.2. The minimum atomic E-state index is -0.887. The second-order valence-electron chi connectivity index (χ2n) is 4.38. The Morgan fingerprint density at radius 3 is 2.31 bits per heavy atom. The van der Waals surface area contributed by atoms with Gasteiger partial charge in [-0.05, 0) is 19.4 Å². The lowest BCUT2D eigenvalue weighted by molar-refractivity contribution is -0.143. The number of hydrogen-bond donors (Lipinski definition) is 2. The molecule has 0 heterocycles. The van der Waals surface area contributed by atoms with Crippen molar-refractivity contribution in [3.05, 3.63) is 0 Å². The van der Waals surface area contributed by atoms with Gasteiger partial charge in [-0.2, -0.15) is 0 Å². The number of amides is 1. The van der Waals surface area contributed by atoms with E-state index in [0.29, 0.717) is 18.9 Å². The molecule has 0 bridgehead atoms. The van der Waals surface area contributed by atoms with Crippen LogP contribution in [0.25, 0.3) is 0 Å². The first-order valence-corrected chi connectivity index (χ1v) is 5.58. The summed E-state index contributed by atoms with van der Waals surface area (Å²) in [5.41, 5.74) is 0. The van der Waals surface area contributed by atoms with Crippen molar-refractivity contribution < 1.29 is 14.7 Å². The lowest BCUT2D eigenvalue weighted by Crippen LogP contribution is -2.44. The van der Waals surface area contributed by atoms with Crippen molar-refractivity contribution in [2.45, 2.75) is 33.2 Å². The van der Waals surface area contributed by atoms with E-state index in [1.807, 2.05) is 13.8 Å². The largest absolute Gasteiger partial charge is 0.480 e. The van der Waals surface area contributed by atoms with Crippen molar-refractivity contribution in [3.8, 4) is 0 Å². The molecule has 0 aromatic rings. The topological polar surface area (TPSA) is 69.6 Å². The highest BCUT2D eigenvalue weighted by Gasteiger charge is 2.21. The number of nitrogens with one attached hydrogen (secondary N) is 1. The number of hydrogen-bond acceptors (Lipinski definition) is 3. The molecule has 0 saturated carbocycles. The minimum absolute atomic E-state index is 0.123. The van der Waals surface area contributed by atoms with Crippen molar-refractivity contribution in [1.82, 2.24) is 10.2 Å². The molecule has 0 aromatic carbocycles. The van der Waals surface area contributed by atoms with Crippen LogP contribution in [-0.2, 0) is 9.59 Å². The minimum Gasteiger partial charge on any atom is -0.480 e. The maximum atomic E-state index is 11.5. The first-order valence-electron chi connectivity index (χ1n) is 5.58. The van der Waals surface area contributed by atoms with Crippen LogP contribution >= 0.6 is 0 Å². The van der Waals surface area contributed by atoms with Crippen LogP contribution in [0.5, 0.6) is 0 Å². The van der Waals surface area contributed by atoms with Gasteiger partial charge in [0.25, 0.3) is 0 Å². The third-order valence-electron chi connectivity index (χ3n) is 2.30. The molecule has 0 rings (SSSR count). The first kappa shape index (κ1) is 14.9. The average molecular weight is 230 g/mol. The summed E-state index contributed by atoms with van der Waals surface area (Å²) in [6.07, 6.45) is 0.489. The highest BCUT2D eigenvalue weighted by molar-refractivity contribution is 5.79. The monoisotopic (exact) mass is 230 g/mol. The van der Waals surface area contributed by atoms with Crippen LogP contribution in [0.2, 0.25) is 0 Å². The molecule has 5 heteroatoms. The van der Waals surface area contributed by atoms with Gasteiger partial charge in [0, 0.05) is 6.54 Å². The van der Waals surface area contributed by atoms with Crippen LogP contribution in [0.15, 0.2) is 0 Å². The predicted octanol–water partition coefficient (Wildman–Crippen LogP) is 0.554. The Morgan fingerprint density at radius 2 is 1.94 bits per heavy atom. The van der Waals surface area contributed by atoms with E-state index in [-0.39, 0.29) is 12.5 Å². The van der Waals surface area contributed by atoms with Crippen LogP contribution in [0.1, 0.15) is 27.2 Å². The Labute approximate surface area is 96.8 Å². The van der Waals surface area contributed by atoms with Crippen LogP contribution in [0, 0.1) is 5.92 Å². The van der Waals surface area contributed by atoms with Crippen LogP contribution in [0.4, 0.5) is 0 Å². The van der Waals surface area contributed by atoms with E-state index < -0.39 is 12.0 Å². The van der Waals surface area contributed by atoms with Crippen molar-refractivity contribution in [3.63, 3.8) is 0 Å². The summed E-state index contributed by atoms with van der Waals surface area (Å²) in [4.78, 5) is 23.9. The van der Waals surface area contributed by atoms with Crippen LogP contribution in [-0.4, -0.2) is 48.1 Å². The Bertz CT molecular complexity index is 241. The summed E-state index contributed by atoms with van der Waals surface area (Å²) < 4.78 is 0. The zero-order valence-electron chi connectivity index (χ0n) is 10.5. The van der Waals surface area contributed by atoms with E-state index in [0.717, 1.165) is 0 Å². The van der Waals surface area contributed by atoms with Gasteiger partial charge in [-0.25, -0.2) is 0 Å². The number of carboxylic acid groups (broad SMARTS) is 1. The average Bonchev–Trinajstić information content (AvgIpc) is 2.15. The molecule has 0 aliphatic carbocycles. The molecule has 5 nitrogen and oxygen atoms in total. The molecule has 1 atom stereocenters. The number of carboxylic acids is 1. The van der Waals surface area contributed by atoms with Crippen molar-refractivity contribution in [1.29, 1.82) is 0 Å². The van der Waals surface area contributed by atoms with E-state index in [4.69, 9.17) is 5.11 Å². The van der Waals surface area contributed by atoms with E-state index in [2.05, 4.69) is 5.32 Å². The maximum Gasteiger partial charge on any atom is 0.320 e. The third-order valence-corrected chi connectivity index (χ3v) is 2.30. The van der Waals surface area contributed by atoms with E-state index in [1.54, 1.807) is 18.9 Å². The zero-order valence-corrected chi connectivity index (χ0v) is 10.5. The zero-order chi connectivity index (χ0) is 12.7. The first-order chi connectivity index (χ1) is 7.38. The fraction of sp³-hybridized carbons (Fsp3) is 0.818. The second-order valence-corrected chi connectivity index (χ2v) is 4.38.